The zero-order valence-corrected chi connectivity index (χ0v) is 9.91. The van der Waals surface area contributed by atoms with Crippen molar-refractivity contribution in [3.63, 3.8) is 0 Å². The number of benzene rings is 1. The van der Waals surface area contributed by atoms with Crippen molar-refractivity contribution in [3.05, 3.63) is 29.8 Å². The van der Waals surface area contributed by atoms with Crippen molar-refractivity contribution in [2.45, 2.75) is 19.6 Å². The van der Waals surface area contributed by atoms with Crippen LogP contribution in [-0.2, 0) is 16.1 Å². The van der Waals surface area contributed by atoms with Crippen LogP contribution in [0.2, 0.25) is 0 Å². The van der Waals surface area contributed by atoms with Crippen molar-refractivity contribution >= 4 is 11.6 Å². The van der Waals surface area contributed by atoms with E-state index in [-0.39, 0.29) is 5.91 Å². The van der Waals surface area contributed by atoms with Crippen LogP contribution >= 0.6 is 0 Å². The molecule has 4 heteroatoms. The zero-order chi connectivity index (χ0) is 12.0. The van der Waals surface area contributed by atoms with Crippen LogP contribution in [0.15, 0.2) is 24.3 Å². The average Bonchev–Trinajstić information content (AvgIpc) is 2.31. The number of nitrogens with one attached hydrogen (secondary N) is 2. The molecule has 16 heavy (non-hydrogen) atoms. The molecule has 1 aromatic rings. The topological polar surface area (TPSA) is 50.4 Å². The van der Waals surface area contributed by atoms with Crippen molar-refractivity contribution in [2.75, 3.05) is 19.5 Å². The van der Waals surface area contributed by atoms with E-state index < -0.39 is 6.10 Å². The second kappa shape index (κ2) is 6.25. The van der Waals surface area contributed by atoms with Gasteiger partial charge in [-0.05, 0) is 31.7 Å². The minimum absolute atomic E-state index is 0.135. The molecule has 1 unspecified atom stereocenters. The number of rotatable bonds is 5. The quantitative estimate of drug-likeness (QED) is 0.791. The maximum atomic E-state index is 11.5. The van der Waals surface area contributed by atoms with Crippen LogP contribution in [-0.4, -0.2) is 26.2 Å². The van der Waals surface area contributed by atoms with Crippen molar-refractivity contribution < 1.29 is 9.53 Å². The summed E-state index contributed by atoms with van der Waals surface area (Å²) in [6.45, 7) is 2.54. The minimum atomic E-state index is -0.433. The van der Waals surface area contributed by atoms with E-state index in [1.165, 1.54) is 12.7 Å². The molecule has 0 aliphatic carbocycles. The number of ether oxygens (including phenoxy) is 1. The molecular weight excluding hydrogens is 204 g/mol. The lowest BCUT2D eigenvalue weighted by atomic mass is 10.2. The summed E-state index contributed by atoms with van der Waals surface area (Å²) in [5, 5.41) is 5.84. The predicted molar refractivity (Wildman–Crippen MR) is 64.3 cm³/mol. The Morgan fingerprint density at radius 3 is 2.50 bits per heavy atom. The van der Waals surface area contributed by atoms with Gasteiger partial charge in [-0.15, -0.1) is 0 Å². The summed E-state index contributed by atoms with van der Waals surface area (Å²) in [4.78, 5) is 11.5. The fraction of sp³-hybridized carbons (Fsp3) is 0.417. The van der Waals surface area contributed by atoms with Gasteiger partial charge in [-0.2, -0.15) is 0 Å². The Kier molecular flexibility index (Phi) is 4.95. The summed E-state index contributed by atoms with van der Waals surface area (Å²) in [7, 11) is 3.41. The van der Waals surface area contributed by atoms with Gasteiger partial charge in [0.15, 0.2) is 0 Å². The van der Waals surface area contributed by atoms with Crippen molar-refractivity contribution in [2.24, 2.45) is 0 Å². The van der Waals surface area contributed by atoms with E-state index in [4.69, 9.17) is 4.74 Å². The fourth-order valence-electron chi connectivity index (χ4n) is 1.26. The van der Waals surface area contributed by atoms with Gasteiger partial charge in [0.1, 0.15) is 6.10 Å². The van der Waals surface area contributed by atoms with Gasteiger partial charge in [0.2, 0.25) is 0 Å². The Hall–Kier alpha value is -1.39. The lowest BCUT2D eigenvalue weighted by Gasteiger charge is -2.10. The van der Waals surface area contributed by atoms with Crippen LogP contribution in [0.3, 0.4) is 0 Å². The summed E-state index contributed by atoms with van der Waals surface area (Å²) in [6.07, 6.45) is -0.433. The largest absolute Gasteiger partial charge is 0.372 e. The molecule has 88 valence electrons. The third kappa shape index (κ3) is 3.64. The molecule has 0 heterocycles. The molecule has 0 aliphatic heterocycles. The molecule has 0 aromatic heterocycles. The van der Waals surface area contributed by atoms with Gasteiger partial charge in [0, 0.05) is 19.3 Å². The normalized spacial score (nSPS) is 12.2. The van der Waals surface area contributed by atoms with E-state index in [1.807, 2.05) is 31.3 Å². The Morgan fingerprint density at radius 1 is 1.38 bits per heavy atom. The van der Waals surface area contributed by atoms with Crippen molar-refractivity contribution in [1.29, 1.82) is 0 Å². The molecule has 0 fully saturated rings. The lowest BCUT2D eigenvalue weighted by Crippen LogP contribution is -2.26. The SMILES string of the molecule is CNCc1ccc(NC(=O)C(C)OC)cc1. The van der Waals surface area contributed by atoms with Crippen molar-refractivity contribution in [1.82, 2.24) is 5.32 Å². The molecule has 1 atom stereocenters. The molecule has 0 radical (unpaired) electrons. The second-order valence-corrected chi connectivity index (χ2v) is 3.59. The number of anilines is 1. The van der Waals surface area contributed by atoms with Gasteiger partial charge in [-0.25, -0.2) is 0 Å². The van der Waals surface area contributed by atoms with Gasteiger partial charge in [0.05, 0.1) is 0 Å². The molecule has 1 rings (SSSR count). The molecule has 0 bridgehead atoms. The minimum Gasteiger partial charge on any atom is -0.372 e. The third-order valence-electron chi connectivity index (χ3n) is 2.33. The number of hydrogen-bond acceptors (Lipinski definition) is 3. The molecule has 1 amide bonds. The number of amides is 1. The molecule has 0 saturated carbocycles. The second-order valence-electron chi connectivity index (χ2n) is 3.59. The molecule has 4 nitrogen and oxygen atoms in total. The summed E-state index contributed by atoms with van der Waals surface area (Å²) in [5.74, 6) is -0.135. The van der Waals surface area contributed by atoms with E-state index >= 15 is 0 Å². The number of methoxy groups -OCH3 is 1. The molecular formula is C12H18N2O2. The molecule has 1 aromatic carbocycles. The van der Waals surface area contributed by atoms with Crippen LogP contribution in [0.5, 0.6) is 0 Å². The van der Waals surface area contributed by atoms with Crippen LogP contribution in [0.4, 0.5) is 5.69 Å². The Balaban J connectivity index is 2.58. The monoisotopic (exact) mass is 222 g/mol. The van der Waals surface area contributed by atoms with Crippen molar-refractivity contribution in [3.8, 4) is 0 Å². The first-order chi connectivity index (χ1) is 7.67. The first kappa shape index (κ1) is 12.7. The van der Waals surface area contributed by atoms with Crippen LogP contribution < -0.4 is 10.6 Å². The molecule has 0 saturated heterocycles. The Bertz CT molecular complexity index is 335. The highest BCUT2D eigenvalue weighted by molar-refractivity contribution is 5.93. The summed E-state index contributed by atoms with van der Waals surface area (Å²) in [6, 6.07) is 7.72. The van der Waals surface area contributed by atoms with E-state index in [0.717, 1.165) is 12.2 Å². The van der Waals surface area contributed by atoms with Crippen LogP contribution in [0.25, 0.3) is 0 Å². The highest BCUT2D eigenvalue weighted by Crippen LogP contribution is 2.10. The number of carbonyl (C=O) groups excluding carboxylic acids is 1. The third-order valence-corrected chi connectivity index (χ3v) is 2.33. The zero-order valence-electron chi connectivity index (χ0n) is 9.91. The first-order valence-corrected chi connectivity index (χ1v) is 5.24. The molecule has 0 aliphatic rings. The number of carbonyl (C=O) groups is 1. The highest BCUT2D eigenvalue weighted by atomic mass is 16.5. The van der Waals surface area contributed by atoms with Crippen LogP contribution in [0, 0.1) is 0 Å². The van der Waals surface area contributed by atoms with Gasteiger partial charge < -0.3 is 15.4 Å². The van der Waals surface area contributed by atoms with Gasteiger partial charge in [0.25, 0.3) is 5.91 Å². The molecule has 0 spiro atoms. The maximum absolute atomic E-state index is 11.5. The smallest absolute Gasteiger partial charge is 0.253 e. The van der Waals surface area contributed by atoms with E-state index in [9.17, 15) is 4.79 Å². The lowest BCUT2D eigenvalue weighted by molar-refractivity contribution is -0.124. The average molecular weight is 222 g/mol. The van der Waals surface area contributed by atoms with E-state index in [1.54, 1.807) is 6.92 Å². The standard InChI is InChI=1S/C12H18N2O2/c1-9(16-3)12(15)14-11-6-4-10(5-7-11)8-13-2/h4-7,9,13H,8H2,1-3H3,(H,14,15). The first-order valence-electron chi connectivity index (χ1n) is 5.24. The summed E-state index contributed by atoms with van der Waals surface area (Å²) < 4.78 is 4.92. The van der Waals surface area contributed by atoms with Gasteiger partial charge >= 0.3 is 0 Å². The highest BCUT2D eigenvalue weighted by Gasteiger charge is 2.10. The van der Waals surface area contributed by atoms with Gasteiger partial charge in [-0.1, -0.05) is 12.1 Å². The predicted octanol–water partition coefficient (Wildman–Crippen LogP) is 1.38. The van der Waals surface area contributed by atoms with E-state index in [0.29, 0.717) is 0 Å². The van der Waals surface area contributed by atoms with Crippen LogP contribution in [0.1, 0.15) is 12.5 Å². The number of hydrogen-bond donors (Lipinski definition) is 2. The Labute approximate surface area is 96.0 Å². The Morgan fingerprint density at radius 2 is 2.00 bits per heavy atom. The fourth-order valence-corrected chi connectivity index (χ4v) is 1.26. The van der Waals surface area contributed by atoms with E-state index in [2.05, 4.69) is 10.6 Å². The molecule has 2 N–H and O–H groups in total. The summed E-state index contributed by atoms with van der Waals surface area (Å²) >= 11 is 0. The summed E-state index contributed by atoms with van der Waals surface area (Å²) in [5.41, 5.74) is 1.97. The van der Waals surface area contributed by atoms with Gasteiger partial charge in [-0.3, -0.25) is 4.79 Å². The maximum Gasteiger partial charge on any atom is 0.253 e.